The molecular weight excluding hydrogens is 370 g/mol. The lowest BCUT2D eigenvalue weighted by Gasteiger charge is -2.38. The van der Waals surface area contributed by atoms with Crippen LogP contribution in [0.5, 0.6) is 0 Å². The maximum absolute atomic E-state index is 13.6. The Morgan fingerprint density at radius 3 is 2.82 bits per heavy atom. The van der Waals surface area contributed by atoms with Crippen molar-refractivity contribution < 1.29 is 4.79 Å². The molecule has 0 spiro atoms. The molecule has 3 atom stereocenters. The number of pyridine rings is 1. The van der Waals surface area contributed by atoms with Gasteiger partial charge in [-0.05, 0) is 62.5 Å². The van der Waals surface area contributed by atoms with Gasteiger partial charge in [-0.15, -0.1) is 0 Å². The number of hydrogen-bond donors (Lipinski definition) is 1. The lowest BCUT2D eigenvalue weighted by Crippen LogP contribution is -2.51. The van der Waals surface area contributed by atoms with E-state index in [9.17, 15) is 4.79 Å². The SMILES string of the molecule is CC(C)CC[C@]1(C(=O)NC2CCCC2)C[C@H]2CC[C@@H]1N2Cc1ccncc1Cl. The van der Waals surface area contributed by atoms with Crippen molar-refractivity contribution in [3.63, 3.8) is 0 Å². The normalized spacial score (nSPS) is 30.4. The summed E-state index contributed by atoms with van der Waals surface area (Å²) in [5, 5.41) is 4.20. The van der Waals surface area contributed by atoms with Gasteiger partial charge in [0, 0.05) is 37.1 Å². The number of aromatic nitrogens is 1. The summed E-state index contributed by atoms with van der Waals surface area (Å²) in [4.78, 5) is 20.3. The van der Waals surface area contributed by atoms with Crippen molar-refractivity contribution in [1.29, 1.82) is 0 Å². The number of halogens is 1. The van der Waals surface area contributed by atoms with Gasteiger partial charge in [0.2, 0.25) is 5.91 Å². The molecule has 3 heterocycles. The van der Waals surface area contributed by atoms with Gasteiger partial charge in [0.1, 0.15) is 0 Å². The average molecular weight is 404 g/mol. The first kappa shape index (κ1) is 20.2. The molecule has 4 rings (SSSR count). The third-order valence-electron chi connectivity index (χ3n) is 7.40. The van der Waals surface area contributed by atoms with Crippen molar-refractivity contribution in [1.82, 2.24) is 15.2 Å². The molecule has 1 aliphatic carbocycles. The lowest BCUT2D eigenvalue weighted by molar-refractivity contribution is -0.134. The van der Waals surface area contributed by atoms with Crippen LogP contribution in [0.4, 0.5) is 0 Å². The highest BCUT2D eigenvalue weighted by Gasteiger charge is 2.59. The zero-order chi connectivity index (χ0) is 19.7. The third kappa shape index (κ3) is 3.82. The summed E-state index contributed by atoms with van der Waals surface area (Å²) < 4.78 is 0. The third-order valence-corrected chi connectivity index (χ3v) is 7.74. The highest BCUT2D eigenvalue weighted by atomic mass is 35.5. The fourth-order valence-electron chi connectivity index (χ4n) is 5.85. The molecule has 2 aliphatic heterocycles. The van der Waals surface area contributed by atoms with Gasteiger partial charge in [-0.3, -0.25) is 14.7 Å². The van der Waals surface area contributed by atoms with Gasteiger partial charge in [0.25, 0.3) is 0 Å². The van der Waals surface area contributed by atoms with Crippen LogP contribution in [0.25, 0.3) is 0 Å². The zero-order valence-corrected chi connectivity index (χ0v) is 18.0. The van der Waals surface area contributed by atoms with Crippen molar-refractivity contribution >= 4 is 17.5 Å². The van der Waals surface area contributed by atoms with E-state index in [0.29, 0.717) is 30.0 Å². The minimum absolute atomic E-state index is 0.227. The van der Waals surface area contributed by atoms with Crippen LogP contribution in [0.15, 0.2) is 18.5 Å². The number of hydrogen-bond acceptors (Lipinski definition) is 3. The number of fused-ring (bicyclic) bond motifs is 2. The molecule has 1 amide bonds. The van der Waals surface area contributed by atoms with Crippen molar-refractivity contribution in [2.45, 2.75) is 96.3 Å². The predicted octanol–water partition coefficient (Wildman–Crippen LogP) is 4.95. The molecule has 1 aromatic rings. The molecule has 5 heteroatoms. The van der Waals surface area contributed by atoms with Crippen LogP contribution in [0.2, 0.25) is 5.02 Å². The van der Waals surface area contributed by atoms with Crippen molar-refractivity contribution in [2.75, 3.05) is 0 Å². The van der Waals surface area contributed by atoms with Crippen LogP contribution >= 0.6 is 11.6 Å². The lowest BCUT2D eigenvalue weighted by atomic mass is 9.69. The standard InChI is InChI=1S/C23H34ClN3O/c1-16(2)9-11-23(22(28)26-18-5-3-4-6-18)13-19-7-8-21(23)27(19)15-17-10-12-25-14-20(17)24/h10,12,14,16,18-19,21H,3-9,11,13,15H2,1-2H3,(H,26,28)/t19-,21+,23+/m1/s1. The van der Waals surface area contributed by atoms with E-state index in [4.69, 9.17) is 11.6 Å². The topological polar surface area (TPSA) is 45.2 Å². The van der Waals surface area contributed by atoms with E-state index < -0.39 is 0 Å². The second-order valence-electron chi connectivity index (χ2n) is 9.63. The maximum Gasteiger partial charge on any atom is 0.228 e. The molecule has 2 bridgehead atoms. The van der Waals surface area contributed by atoms with E-state index in [1.54, 1.807) is 6.20 Å². The van der Waals surface area contributed by atoms with E-state index in [1.165, 1.54) is 19.3 Å². The van der Waals surface area contributed by atoms with Crippen molar-refractivity contribution in [3.8, 4) is 0 Å². The fraction of sp³-hybridized carbons (Fsp3) is 0.739. The van der Waals surface area contributed by atoms with Gasteiger partial charge < -0.3 is 5.32 Å². The van der Waals surface area contributed by atoms with E-state index in [2.05, 4.69) is 29.0 Å². The van der Waals surface area contributed by atoms with Crippen LogP contribution in [0.3, 0.4) is 0 Å². The Hall–Kier alpha value is -1.13. The largest absolute Gasteiger partial charge is 0.353 e. The van der Waals surface area contributed by atoms with Gasteiger partial charge in [0.15, 0.2) is 0 Å². The Morgan fingerprint density at radius 2 is 2.11 bits per heavy atom. The first-order valence-electron chi connectivity index (χ1n) is 11.1. The molecule has 4 nitrogen and oxygen atoms in total. The predicted molar refractivity (Wildman–Crippen MR) is 113 cm³/mol. The summed E-state index contributed by atoms with van der Waals surface area (Å²) in [5.41, 5.74) is 0.902. The Morgan fingerprint density at radius 1 is 1.32 bits per heavy atom. The zero-order valence-electron chi connectivity index (χ0n) is 17.3. The Labute approximate surface area is 174 Å². The molecule has 2 saturated heterocycles. The second-order valence-corrected chi connectivity index (χ2v) is 10.0. The molecule has 3 fully saturated rings. The van der Waals surface area contributed by atoms with Crippen molar-refractivity contribution in [3.05, 3.63) is 29.0 Å². The molecule has 154 valence electrons. The minimum atomic E-state index is -0.227. The second kappa shape index (κ2) is 8.31. The van der Waals surface area contributed by atoms with Crippen LogP contribution in [0.1, 0.15) is 77.2 Å². The summed E-state index contributed by atoms with van der Waals surface area (Å²) >= 11 is 6.40. The van der Waals surface area contributed by atoms with E-state index >= 15 is 0 Å². The smallest absolute Gasteiger partial charge is 0.228 e. The van der Waals surface area contributed by atoms with E-state index in [-0.39, 0.29) is 5.41 Å². The van der Waals surface area contributed by atoms with Gasteiger partial charge >= 0.3 is 0 Å². The fourth-order valence-corrected chi connectivity index (χ4v) is 6.02. The highest BCUT2D eigenvalue weighted by Crippen LogP contribution is 2.53. The Balaban J connectivity index is 1.56. The molecule has 1 aromatic heterocycles. The van der Waals surface area contributed by atoms with Crippen LogP contribution < -0.4 is 5.32 Å². The summed E-state index contributed by atoms with van der Waals surface area (Å²) in [5.74, 6) is 0.955. The molecule has 1 N–H and O–H groups in total. The number of rotatable bonds is 7. The quantitative estimate of drug-likeness (QED) is 0.700. The minimum Gasteiger partial charge on any atom is -0.353 e. The molecule has 0 aromatic carbocycles. The first-order valence-corrected chi connectivity index (χ1v) is 11.5. The summed E-state index contributed by atoms with van der Waals surface area (Å²) in [6.45, 7) is 5.37. The number of nitrogens with zero attached hydrogens (tertiary/aromatic N) is 2. The molecule has 0 radical (unpaired) electrons. The van der Waals surface area contributed by atoms with Crippen LogP contribution in [0, 0.1) is 11.3 Å². The highest BCUT2D eigenvalue weighted by molar-refractivity contribution is 6.31. The monoisotopic (exact) mass is 403 g/mol. The number of nitrogens with one attached hydrogen (secondary N) is 1. The van der Waals surface area contributed by atoms with Crippen LogP contribution in [-0.4, -0.2) is 33.9 Å². The summed E-state index contributed by atoms with van der Waals surface area (Å²) in [6.07, 6.45) is 13.8. The van der Waals surface area contributed by atoms with Gasteiger partial charge in [0.05, 0.1) is 10.4 Å². The molecule has 3 aliphatic rings. The van der Waals surface area contributed by atoms with E-state index in [1.807, 2.05) is 12.3 Å². The van der Waals surface area contributed by atoms with E-state index in [0.717, 1.165) is 55.7 Å². The summed E-state index contributed by atoms with van der Waals surface area (Å²) in [7, 11) is 0. The Bertz CT molecular complexity index is 703. The van der Waals surface area contributed by atoms with Crippen LogP contribution in [-0.2, 0) is 11.3 Å². The van der Waals surface area contributed by atoms with Gasteiger partial charge in [-0.25, -0.2) is 0 Å². The molecule has 28 heavy (non-hydrogen) atoms. The summed E-state index contributed by atoms with van der Waals surface area (Å²) in [6, 6.07) is 3.25. The number of amides is 1. The van der Waals surface area contributed by atoms with Gasteiger partial charge in [-0.1, -0.05) is 38.3 Å². The first-order chi connectivity index (χ1) is 13.5. The Kier molecular flexibility index (Phi) is 5.98. The molecular formula is C23H34ClN3O. The average Bonchev–Trinajstić information content (AvgIpc) is 3.38. The number of carbonyl (C=O) groups is 1. The van der Waals surface area contributed by atoms with Crippen molar-refractivity contribution in [2.24, 2.45) is 11.3 Å². The van der Waals surface area contributed by atoms with Gasteiger partial charge in [-0.2, -0.15) is 0 Å². The molecule has 1 saturated carbocycles. The number of carbonyl (C=O) groups excluding carboxylic acids is 1. The molecule has 0 unspecified atom stereocenters. The maximum atomic E-state index is 13.6.